The van der Waals surface area contributed by atoms with Crippen molar-refractivity contribution >= 4 is 5.57 Å². The van der Waals surface area contributed by atoms with Crippen LogP contribution in [0, 0.1) is 11.3 Å². The number of benzene rings is 1. The first-order valence-electron chi connectivity index (χ1n) is 7.59. The molecule has 1 aromatic carbocycles. The lowest BCUT2D eigenvalue weighted by Gasteiger charge is -2.16. The van der Waals surface area contributed by atoms with Gasteiger partial charge in [0.15, 0.2) is 11.5 Å². The van der Waals surface area contributed by atoms with Crippen LogP contribution in [0.2, 0.25) is 0 Å². The summed E-state index contributed by atoms with van der Waals surface area (Å²) in [5, 5.41) is 9.47. The van der Waals surface area contributed by atoms with E-state index in [0.29, 0.717) is 17.2 Å². The van der Waals surface area contributed by atoms with E-state index in [1.54, 1.807) is 21.3 Å². The topological polar surface area (TPSA) is 51.5 Å². The number of nitrogens with zero attached hydrogens (tertiary/aromatic N) is 1. The minimum atomic E-state index is 0.568. The van der Waals surface area contributed by atoms with Gasteiger partial charge in [-0.15, -0.1) is 0 Å². The van der Waals surface area contributed by atoms with E-state index in [9.17, 15) is 5.26 Å². The summed E-state index contributed by atoms with van der Waals surface area (Å²) >= 11 is 0. The van der Waals surface area contributed by atoms with Crippen LogP contribution >= 0.6 is 0 Å². The second-order valence-electron chi connectivity index (χ2n) is 4.98. The second kappa shape index (κ2) is 8.99. The molecule has 0 fully saturated rings. The fourth-order valence-electron chi connectivity index (χ4n) is 2.50. The molecule has 0 aliphatic carbocycles. The SMILES string of the molecule is CCC/C(C#N)=C(\CCC)c1cc(OC)c(OC)c(OC)c1. The van der Waals surface area contributed by atoms with Gasteiger partial charge in [0.1, 0.15) is 0 Å². The van der Waals surface area contributed by atoms with E-state index >= 15 is 0 Å². The van der Waals surface area contributed by atoms with Gasteiger partial charge >= 0.3 is 0 Å². The molecule has 0 saturated carbocycles. The van der Waals surface area contributed by atoms with E-state index in [1.165, 1.54) is 0 Å². The zero-order valence-corrected chi connectivity index (χ0v) is 14.2. The van der Waals surface area contributed by atoms with Crippen LogP contribution in [0.3, 0.4) is 0 Å². The molecule has 4 nitrogen and oxygen atoms in total. The Hall–Kier alpha value is -2.15. The first-order valence-corrected chi connectivity index (χ1v) is 7.59. The molecular weight excluding hydrogens is 278 g/mol. The largest absolute Gasteiger partial charge is 0.493 e. The van der Waals surface area contributed by atoms with Crippen LogP contribution in [0.25, 0.3) is 5.57 Å². The summed E-state index contributed by atoms with van der Waals surface area (Å²) in [6.45, 7) is 4.19. The summed E-state index contributed by atoms with van der Waals surface area (Å²) in [7, 11) is 4.78. The summed E-state index contributed by atoms with van der Waals surface area (Å²) in [6, 6.07) is 6.19. The van der Waals surface area contributed by atoms with Gasteiger partial charge in [-0.3, -0.25) is 0 Å². The number of methoxy groups -OCH3 is 3. The van der Waals surface area contributed by atoms with Crippen molar-refractivity contribution in [2.75, 3.05) is 21.3 Å². The summed E-state index contributed by atoms with van der Waals surface area (Å²) < 4.78 is 16.2. The smallest absolute Gasteiger partial charge is 0.203 e. The maximum atomic E-state index is 9.47. The van der Waals surface area contributed by atoms with Crippen molar-refractivity contribution in [2.24, 2.45) is 0 Å². The molecule has 0 spiro atoms. The summed E-state index contributed by atoms with van der Waals surface area (Å²) in [5.74, 6) is 1.79. The van der Waals surface area contributed by atoms with E-state index in [2.05, 4.69) is 19.9 Å². The van der Waals surface area contributed by atoms with Gasteiger partial charge in [-0.1, -0.05) is 26.7 Å². The average Bonchev–Trinajstić information content (AvgIpc) is 2.56. The third-order valence-electron chi connectivity index (χ3n) is 3.51. The van der Waals surface area contributed by atoms with Gasteiger partial charge in [-0.2, -0.15) is 5.26 Å². The van der Waals surface area contributed by atoms with E-state index < -0.39 is 0 Å². The third-order valence-corrected chi connectivity index (χ3v) is 3.51. The average molecular weight is 303 g/mol. The summed E-state index contributed by atoms with van der Waals surface area (Å²) in [6.07, 6.45) is 3.55. The molecule has 0 heterocycles. The lowest BCUT2D eigenvalue weighted by molar-refractivity contribution is 0.324. The molecule has 0 bridgehead atoms. The predicted molar refractivity (Wildman–Crippen MR) is 88.4 cm³/mol. The third kappa shape index (κ3) is 3.94. The minimum absolute atomic E-state index is 0.568. The molecule has 0 amide bonds. The first-order chi connectivity index (χ1) is 10.7. The predicted octanol–water partition coefficient (Wildman–Crippen LogP) is 4.59. The molecule has 1 rings (SSSR count). The Labute approximate surface area is 133 Å². The Morgan fingerprint density at radius 1 is 0.955 bits per heavy atom. The molecule has 0 N–H and O–H groups in total. The monoisotopic (exact) mass is 303 g/mol. The van der Waals surface area contributed by atoms with E-state index in [0.717, 1.165) is 42.4 Å². The number of ether oxygens (including phenoxy) is 3. The van der Waals surface area contributed by atoms with Crippen LogP contribution in [0.1, 0.15) is 45.1 Å². The highest BCUT2D eigenvalue weighted by atomic mass is 16.5. The van der Waals surface area contributed by atoms with Crippen LogP contribution in [0.15, 0.2) is 17.7 Å². The molecule has 0 aliphatic rings. The molecule has 0 saturated heterocycles. The maximum Gasteiger partial charge on any atom is 0.203 e. The fourth-order valence-corrected chi connectivity index (χ4v) is 2.50. The van der Waals surface area contributed by atoms with Crippen molar-refractivity contribution in [1.29, 1.82) is 5.26 Å². The Morgan fingerprint density at radius 3 is 1.86 bits per heavy atom. The zero-order chi connectivity index (χ0) is 16.5. The summed E-state index contributed by atoms with van der Waals surface area (Å²) in [4.78, 5) is 0. The van der Waals surface area contributed by atoms with Crippen LogP contribution in [0.4, 0.5) is 0 Å². The summed E-state index contributed by atoms with van der Waals surface area (Å²) in [5.41, 5.74) is 2.85. The van der Waals surface area contributed by atoms with Crippen molar-refractivity contribution in [3.8, 4) is 23.3 Å². The highest BCUT2D eigenvalue weighted by Crippen LogP contribution is 2.41. The van der Waals surface area contributed by atoms with Gasteiger partial charge in [0.25, 0.3) is 0 Å². The highest BCUT2D eigenvalue weighted by molar-refractivity contribution is 5.75. The standard InChI is InChI=1S/C18H25NO3/c1-6-8-13(12-19)15(9-7-2)14-10-16(20-3)18(22-5)17(11-14)21-4/h10-11H,6-9H2,1-5H3/b15-13-. The Morgan fingerprint density at radius 2 is 1.50 bits per heavy atom. The number of rotatable bonds is 8. The van der Waals surface area contributed by atoms with Crippen molar-refractivity contribution in [1.82, 2.24) is 0 Å². The number of allylic oxidation sites excluding steroid dienone is 2. The molecule has 1 aromatic rings. The van der Waals surface area contributed by atoms with Crippen molar-refractivity contribution in [3.05, 3.63) is 23.3 Å². The number of hydrogen-bond donors (Lipinski definition) is 0. The van der Waals surface area contributed by atoms with Gasteiger partial charge in [0.2, 0.25) is 5.75 Å². The fraction of sp³-hybridized carbons (Fsp3) is 0.500. The van der Waals surface area contributed by atoms with E-state index in [-0.39, 0.29) is 0 Å². The molecule has 22 heavy (non-hydrogen) atoms. The first kappa shape index (κ1) is 17.9. The highest BCUT2D eigenvalue weighted by Gasteiger charge is 2.17. The molecule has 0 unspecified atom stereocenters. The van der Waals surface area contributed by atoms with E-state index in [1.807, 2.05) is 12.1 Å². The molecule has 4 heteroatoms. The molecule has 0 radical (unpaired) electrons. The van der Waals surface area contributed by atoms with E-state index in [4.69, 9.17) is 14.2 Å². The minimum Gasteiger partial charge on any atom is -0.493 e. The Kier molecular flexibility index (Phi) is 7.31. The van der Waals surface area contributed by atoms with Crippen LogP contribution in [0.5, 0.6) is 17.2 Å². The maximum absolute atomic E-state index is 9.47. The second-order valence-corrected chi connectivity index (χ2v) is 4.98. The van der Waals surface area contributed by atoms with Gasteiger partial charge in [-0.25, -0.2) is 0 Å². The van der Waals surface area contributed by atoms with Crippen LogP contribution in [-0.2, 0) is 0 Å². The Balaban J connectivity index is 3.53. The van der Waals surface area contributed by atoms with Gasteiger partial charge in [-0.05, 0) is 36.1 Å². The molecule has 120 valence electrons. The Bertz CT molecular complexity index is 545. The molecule has 0 atom stereocenters. The van der Waals surface area contributed by atoms with Crippen LogP contribution < -0.4 is 14.2 Å². The van der Waals surface area contributed by atoms with Crippen molar-refractivity contribution in [2.45, 2.75) is 39.5 Å². The van der Waals surface area contributed by atoms with Gasteiger partial charge in [0, 0.05) is 5.57 Å². The van der Waals surface area contributed by atoms with Gasteiger partial charge in [0.05, 0.1) is 27.4 Å². The number of hydrogen-bond acceptors (Lipinski definition) is 4. The van der Waals surface area contributed by atoms with Crippen LogP contribution in [-0.4, -0.2) is 21.3 Å². The lowest BCUT2D eigenvalue weighted by atomic mass is 9.93. The normalized spacial score (nSPS) is 11.5. The molecular formula is C18H25NO3. The molecule has 0 aromatic heterocycles. The molecule has 0 aliphatic heterocycles. The quantitative estimate of drug-likeness (QED) is 0.659. The van der Waals surface area contributed by atoms with Gasteiger partial charge < -0.3 is 14.2 Å². The van der Waals surface area contributed by atoms with Crippen molar-refractivity contribution in [3.63, 3.8) is 0 Å². The zero-order valence-electron chi connectivity index (χ0n) is 14.2. The lowest BCUT2D eigenvalue weighted by Crippen LogP contribution is -1.98. The number of nitriles is 1. The van der Waals surface area contributed by atoms with Crippen molar-refractivity contribution < 1.29 is 14.2 Å².